The maximum atomic E-state index is 9.88. The van der Waals surface area contributed by atoms with Crippen molar-refractivity contribution in [3.8, 4) is 0 Å². The van der Waals surface area contributed by atoms with E-state index in [-0.39, 0.29) is 12.6 Å². The average Bonchev–Trinajstić information content (AvgIpc) is 3.12. The zero-order chi connectivity index (χ0) is 14.2. The van der Waals surface area contributed by atoms with Gasteiger partial charge in [0, 0.05) is 18.1 Å². The van der Waals surface area contributed by atoms with Gasteiger partial charge in [-0.2, -0.15) is 0 Å². The summed E-state index contributed by atoms with van der Waals surface area (Å²) in [5.74, 6) is 0.763. The van der Waals surface area contributed by atoms with Crippen LogP contribution < -0.4 is 5.32 Å². The Balaban J connectivity index is 1.65. The number of furan rings is 1. The summed E-state index contributed by atoms with van der Waals surface area (Å²) < 4.78 is 10.6. The van der Waals surface area contributed by atoms with E-state index in [9.17, 15) is 5.11 Å². The van der Waals surface area contributed by atoms with Crippen molar-refractivity contribution < 1.29 is 14.3 Å². The smallest absolute Gasteiger partial charge is 0.129 e. The van der Waals surface area contributed by atoms with Crippen LogP contribution in [-0.4, -0.2) is 29.3 Å². The van der Waals surface area contributed by atoms with Crippen molar-refractivity contribution in [1.82, 2.24) is 10.3 Å². The molecule has 0 amide bonds. The molecule has 0 bridgehead atoms. The standard InChI is InChI=1S/C14H20N2O3S/c1-2-13(14-15-5-7-20-14)16-8-11(17)9-18-10-12-4-3-6-19-12/h3-7,11,13,16-17H,2,8-10H2,1H3. The predicted octanol–water partition coefficient (Wildman–Crippen LogP) is 2.35. The number of ether oxygens (including phenoxy) is 1. The second-order valence-corrected chi connectivity index (χ2v) is 5.41. The van der Waals surface area contributed by atoms with Crippen molar-refractivity contribution in [1.29, 1.82) is 0 Å². The molecule has 0 aliphatic carbocycles. The first kappa shape index (κ1) is 15.2. The largest absolute Gasteiger partial charge is 0.467 e. The highest BCUT2D eigenvalue weighted by Crippen LogP contribution is 2.18. The number of aromatic nitrogens is 1. The molecule has 2 aromatic heterocycles. The molecule has 0 spiro atoms. The Kier molecular flexibility index (Phi) is 6.20. The Morgan fingerprint density at radius 3 is 3.10 bits per heavy atom. The quantitative estimate of drug-likeness (QED) is 0.743. The SMILES string of the molecule is CCC(NCC(O)COCc1ccco1)c1nccs1. The lowest BCUT2D eigenvalue weighted by Crippen LogP contribution is -2.32. The normalized spacial score (nSPS) is 14.3. The summed E-state index contributed by atoms with van der Waals surface area (Å²) in [4.78, 5) is 4.29. The van der Waals surface area contributed by atoms with Crippen LogP contribution in [0.3, 0.4) is 0 Å². The second kappa shape index (κ2) is 8.16. The summed E-state index contributed by atoms with van der Waals surface area (Å²) in [6.45, 7) is 3.24. The van der Waals surface area contributed by atoms with Gasteiger partial charge in [-0.05, 0) is 18.6 Å². The molecule has 0 aliphatic rings. The van der Waals surface area contributed by atoms with Gasteiger partial charge in [-0.1, -0.05) is 6.92 Å². The third-order valence-electron chi connectivity index (χ3n) is 2.89. The van der Waals surface area contributed by atoms with Crippen LogP contribution in [0.5, 0.6) is 0 Å². The number of aliphatic hydroxyl groups excluding tert-OH is 1. The van der Waals surface area contributed by atoms with Gasteiger partial charge in [0.1, 0.15) is 17.4 Å². The number of rotatable bonds is 9. The van der Waals surface area contributed by atoms with Crippen LogP contribution in [-0.2, 0) is 11.3 Å². The maximum absolute atomic E-state index is 9.88. The van der Waals surface area contributed by atoms with E-state index in [4.69, 9.17) is 9.15 Å². The van der Waals surface area contributed by atoms with E-state index >= 15 is 0 Å². The van der Waals surface area contributed by atoms with E-state index in [1.165, 1.54) is 0 Å². The van der Waals surface area contributed by atoms with Crippen LogP contribution >= 0.6 is 11.3 Å². The van der Waals surface area contributed by atoms with E-state index in [2.05, 4.69) is 17.2 Å². The van der Waals surface area contributed by atoms with Gasteiger partial charge in [0.25, 0.3) is 0 Å². The van der Waals surface area contributed by atoms with Crippen molar-refractivity contribution in [2.75, 3.05) is 13.2 Å². The first-order valence-corrected chi connectivity index (χ1v) is 7.58. The van der Waals surface area contributed by atoms with Gasteiger partial charge in [0.2, 0.25) is 0 Å². The minimum Gasteiger partial charge on any atom is -0.467 e. The maximum Gasteiger partial charge on any atom is 0.129 e. The van der Waals surface area contributed by atoms with Gasteiger partial charge in [0.05, 0.1) is 25.0 Å². The van der Waals surface area contributed by atoms with E-state index in [0.29, 0.717) is 13.2 Å². The molecule has 110 valence electrons. The summed E-state index contributed by atoms with van der Waals surface area (Å²) >= 11 is 1.62. The van der Waals surface area contributed by atoms with Crippen LogP contribution in [0.1, 0.15) is 30.2 Å². The Morgan fingerprint density at radius 1 is 1.55 bits per heavy atom. The zero-order valence-electron chi connectivity index (χ0n) is 11.5. The Labute approximate surface area is 122 Å². The molecule has 2 heterocycles. The fourth-order valence-corrected chi connectivity index (χ4v) is 2.64. The van der Waals surface area contributed by atoms with Gasteiger partial charge >= 0.3 is 0 Å². The minimum absolute atomic E-state index is 0.190. The van der Waals surface area contributed by atoms with E-state index in [1.807, 2.05) is 17.5 Å². The third-order valence-corrected chi connectivity index (χ3v) is 3.78. The summed E-state index contributed by atoms with van der Waals surface area (Å²) in [6.07, 6.45) is 3.80. The molecule has 2 aromatic rings. The predicted molar refractivity (Wildman–Crippen MR) is 77.5 cm³/mol. The molecule has 0 fully saturated rings. The molecule has 0 aromatic carbocycles. The Bertz CT molecular complexity index is 459. The van der Waals surface area contributed by atoms with Crippen molar-refractivity contribution in [2.45, 2.75) is 32.1 Å². The Morgan fingerprint density at radius 2 is 2.45 bits per heavy atom. The number of nitrogens with zero attached hydrogens (tertiary/aromatic N) is 1. The lowest BCUT2D eigenvalue weighted by Gasteiger charge is -2.17. The van der Waals surface area contributed by atoms with Gasteiger partial charge < -0.3 is 19.6 Å². The van der Waals surface area contributed by atoms with Gasteiger partial charge in [-0.15, -0.1) is 11.3 Å². The molecule has 2 rings (SSSR count). The van der Waals surface area contributed by atoms with Crippen molar-refractivity contribution in [3.05, 3.63) is 40.7 Å². The number of aliphatic hydroxyl groups is 1. The molecule has 20 heavy (non-hydrogen) atoms. The molecular formula is C14H20N2O3S. The molecule has 6 heteroatoms. The number of hydrogen-bond acceptors (Lipinski definition) is 6. The van der Waals surface area contributed by atoms with E-state index in [1.54, 1.807) is 23.8 Å². The van der Waals surface area contributed by atoms with Crippen LogP contribution in [0.25, 0.3) is 0 Å². The fourth-order valence-electron chi connectivity index (χ4n) is 1.84. The molecule has 5 nitrogen and oxygen atoms in total. The monoisotopic (exact) mass is 296 g/mol. The average molecular weight is 296 g/mol. The topological polar surface area (TPSA) is 67.5 Å². The minimum atomic E-state index is -0.543. The molecule has 0 saturated carbocycles. The van der Waals surface area contributed by atoms with Crippen molar-refractivity contribution in [2.24, 2.45) is 0 Å². The zero-order valence-corrected chi connectivity index (χ0v) is 12.3. The summed E-state index contributed by atoms with van der Waals surface area (Å²) in [5.41, 5.74) is 0. The molecular weight excluding hydrogens is 276 g/mol. The van der Waals surface area contributed by atoms with Crippen molar-refractivity contribution in [3.63, 3.8) is 0 Å². The number of hydrogen-bond donors (Lipinski definition) is 2. The van der Waals surface area contributed by atoms with Crippen molar-refractivity contribution >= 4 is 11.3 Å². The van der Waals surface area contributed by atoms with Crippen LogP contribution in [0.4, 0.5) is 0 Å². The lowest BCUT2D eigenvalue weighted by atomic mass is 10.2. The molecule has 2 unspecified atom stereocenters. The molecule has 2 N–H and O–H groups in total. The number of thiazole rings is 1. The molecule has 2 atom stereocenters. The van der Waals surface area contributed by atoms with E-state index in [0.717, 1.165) is 17.2 Å². The van der Waals surface area contributed by atoms with Crippen LogP contribution in [0.2, 0.25) is 0 Å². The fraction of sp³-hybridized carbons (Fsp3) is 0.500. The first-order valence-electron chi connectivity index (χ1n) is 6.70. The highest BCUT2D eigenvalue weighted by molar-refractivity contribution is 7.09. The highest BCUT2D eigenvalue weighted by atomic mass is 32.1. The molecule has 0 saturated heterocycles. The second-order valence-electron chi connectivity index (χ2n) is 4.49. The van der Waals surface area contributed by atoms with Crippen LogP contribution in [0, 0.1) is 0 Å². The third kappa shape index (κ3) is 4.72. The summed E-state index contributed by atoms with van der Waals surface area (Å²) in [5, 5.41) is 16.2. The highest BCUT2D eigenvalue weighted by Gasteiger charge is 2.13. The summed E-state index contributed by atoms with van der Waals surface area (Å²) in [6, 6.07) is 3.85. The Hall–Kier alpha value is -1.21. The molecule has 0 aliphatic heterocycles. The first-order chi connectivity index (χ1) is 9.79. The van der Waals surface area contributed by atoms with Crippen LogP contribution in [0.15, 0.2) is 34.4 Å². The van der Waals surface area contributed by atoms with E-state index < -0.39 is 6.10 Å². The molecule has 0 radical (unpaired) electrons. The van der Waals surface area contributed by atoms with Gasteiger partial charge in [0.15, 0.2) is 0 Å². The summed E-state index contributed by atoms with van der Waals surface area (Å²) in [7, 11) is 0. The number of nitrogens with one attached hydrogen (secondary N) is 1. The lowest BCUT2D eigenvalue weighted by molar-refractivity contribution is 0.0214. The van der Waals surface area contributed by atoms with Gasteiger partial charge in [-0.25, -0.2) is 4.98 Å². The van der Waals surface area contributed by atoms with Gasteiger partial charge in [-0.3, -0.25) is 0 Å².